The number of ether oxygens (including phenoxy) is 1. The zero-order valence-electron chi connectivity index (χ0n) is 18.4. The van der Waals surface area contributed by atoms with Crippen LogP contribution in [-0.4, -0.2) is 40.2 Å². The molecule has 3 aromatic rings. The first-order chi connectivity index (χ1) is 16.4. The number of carbonyl (C=O) groups excluding carboxylic acids is 2. The predicted molar refractivity (Wildman–Crippen MR) is 130 cm³/mol. The minimum Gasteiger partial charge on any atom is -0.465 e. The lowest BCUT2D eigenvalue weighted by atomic mass is 10.1. The number of rotatable bonds is 9. The Morgan fingerprint density at radius 3 is 2.18 bits per heavy atom. The highest BCUT2D eigenvalue weighted by atomic mass is 32.2. The third-order valence-corrected chi connectivity index (χ3v) is 6.56. The number of carbonyl (C=O) groups is 2. The van der Waals surface area contributed by atoms with Gasteiger partial charge in [-0.15, -0.1) is 6.58 Å². The van der Waals surface area contributed by atoms with Crippen LogP contribution in [0.25, 0.3) is 0 Å². The van der Waals surface area contributed by atoms with Gasteiger partial charge in [0.25, 0.3) is 15.9 Å². The maximum Gasteiger partial charge on any atom is 0.337 e. The first kappa shape index (κ1) is 24.4. The molecule has 1 N–H and O–H groups in total. The van der Waals surface area contributed by atoms with Crippen LogP contribution in [0.4, 0.5) is 5.69 Å². The number of amides is 1. The summed E-state index contributed by atoms with van der Waals surface area (Å²) in [7, 11) is -2.49. The Bertz CT molecular complexity index is 1290. The molecule has 0 saturated carbocycles. The van der Waals surface area contributed by atoms with E-state index in [9.17, 15) is 18.0 Å². The zero-order chi connectivity index (χ0) is 24.6. The van der Waals surface area contributed by atoms with Crippen molar-refractivity contribution in [3.8, 4) is 0 Å². The second-order valence-electron chi connectivity index (χ2n) is 7.00. The number of sulfonamides is 1. The molecule has 0 saturated heterocycles. The van der Waals surface area contributed by atoms with Crippen molar-refractivity contribution in [2.75, 3.05) is 18.0 Å². The summed E-state index contributed by atoms with van der Waals surface area (Å²) in [5.74, 6) is -0.904. The molecular formula is C25H23N3O5S. The summed E-state index contributed by atoms with van der Waals surface area (Å²) in [6.07, 6.45) is 2.93. The summed E-state index contributed by atoms with van der Waals surface area (Å²) >= 11 is 0. The molecule has 0 radical (unpaired) electrons. The van der Waals surface area contributed by atoms with Gasteiger partial charge in [0.1, 0.15) is 0 Å². The molecule has 0 unspecified atom stereocenters. The molecule has 9 heteroatoms. The predicted octanol–water partition coefficient (Wildman–Crippen LogP) is 3.62. The summed E-state index contributed by atoms with van der Waals surface area (Å²) in [4.78, 5) is 24.0. The highest BCUT2D eigenvalue weighted by Gasteiger charge is 2.23. The second-order valence-corrected chi connectivity index (χ2v) is 8.86. The number of esters is 1. The molecule has 34 heavy (non-hydrogen) atoms. The van der Waals surface area contributed by atoms with Gasteiger partial charge in [-0.05, 0) is 54.1 Å². The van der Waals surface area contributed by atoms with Crippen LogP contribution in [0, 0.1) is 0 Å². The van der Waals surface area contributed by atoms with E-state index in [1.54, 1.807) is 54.6 Å². The molecule has 3 rings (SSSR count). The number of nitrogens with zero attached hydrogens (tertiary/aromatic N) is 2. The molecule has 0 spiro atoms. The second kappa shape index (κ2) is 11.1. The van der Waals surface area contributed by atoms with Gasteiger partial charge in [0, 0.05) is 5.56 Å². The number of hydrogen-bond acceptors (Lipinski definition) is 6. The van der Waals surface area contributed by atoms with Crippen molar-refractivity contribution in [3.05, 3.63) is 108 Å². The molecule has 0 aliphatic heterocycles. The van der Waals surface area contributed by atoms with Crippen LogP contribution in [-0.2, 0) is 14.8 Å². The molecule has 0 aliphatic carbocycles. The number of hydrogen-bond donors (Lipinski definition) is 1. The minimum absolute atomic E-state index is 0.0713. The Morgan fingerprint density at radius 2 is 1.59 bits per heavy atom. The summed E-state index contributed by atoms with van der Waals surface area (Å²) in [5, 5.41) is 3.92. The van der Waals surface area contributed by atoms with Crippen molar-refractivity contribution in [2.24, 2.45) is 5.10 Å². The maximum absolute atomic E-state index is 13.0. The molecule has 8 nitrogen and oxygen atoms in total. The Kier molecular flexibility index (Phi) is 7.94. The van der Waals surface area contributed by atoms with E-state index in [1.165, 1.54) is 48.0 Å². The molecule has 0 heterocycles. The van der Waals surface area contributed by atoms with Gasteiger partial charge in [-0.2, -0.15) is 5.10 Å². The molecule has 0 bridgehead atoms. The van der Waals surface area contributed by atoms with E-state index in [-0.39, 0.29) is 11.4 Å². The number of anilines is 1. The van der Waals surface area contributed by atoms with Crippen molar-refractivity contribution in [2.45, 2.75) is 4.90 Å². The Hall–Kier alpha value is -4.24. The highest BCUT2D eigenvalue weighted by Crippen LogP contribution is 2.24. The number of benzene rings is 3. The molecule has 0 aromatic heterocycles. The topological polar surface area (TPSA) is 105 Å². The van der Waals surface area contributed by atoms with E-state index in [0.717, 1.165) is 0 Å². The Morgan fingerprint density at radius 1 is 0.971 bits per heavy atom. The fourth-order valence-electron chi connectivity index (χ4n) is 3.01. The average Bonchev–Trinajstić information content (AvgIpc) is 2.87. The van der Waals surface area contributed by atoms with E-state index in [0.29, 0.717) is 22.4 Å². The van der Waals surface area contributed by atoms with Crippen molar-refractivity contribution in [1.29, 1.82) is 0 Å². The molecule has 0 aliphatic rings. The molecule has 0 fully saturated rings. The zero-order valence-corrected chi connectivity index (χ0v) is 19.2. The largest absolute Gasteiger partial charge is 0.465 e. The van der Waals surface area contributed by atoms with Gasteiger partial charge in [-0.1, -0.05) is 36.4 Å². The molecule has 0 atom stereocenters. The van der Waals surface area contributed by atoms with E-state index in [1.807, 2.05) is 0 Å². The van der Waals surface area contributed by atoms with E-state index < -0.39 is 21.9 Å². The fourth-order valence-corrected chi connectivity index (χ4v) is 4.47. The molecular weight excluding hydrogens is 454 g/mol. The van der Waals surface area contributed by atoms with Crippen LogP contribution in [0.2, 0.25) is 0 Å². The van der Waals surface area contributed by atoms with Crippen LogP contribution in [0.3, 0.4) is 0 Å². The monoisotopic (exact) mass is 477 g/mol. The average molecular weight is 478 g/mol. The fraction of sp³-hybridized carbons (Fsp3) is 0.0800. The Labute approximate surface area is 198 Å². The van der Waals surface area contributed by atoms with Gasteiger partial charge in [-0.3, -0.25) is 9.10 Å². The van der Waals surface area contributed by atoms with Crippen molar-refractivity contribution in [1.82, 2.24) is 5.43 Å². The van der Waals surface area contributed by atoms with Gasteiger partial charge in [0.2, 0.25) is 0 Å². The Balaban J connectivity index is 1.70. The third-order valence-electron chi connectivity index (χ3n) is 4.76. The lowest BCUT2D eigenvalue weighted by Gasteiger charge is -2.23. The highest BCUT2D eigenvalue weighted by molar-refractivity contribution is 7.92. The van der Waals surface area contributed by atoms with Crippen LogP contribution < -0.4 is 9.73 Å². The van der Waals surface area contributed by atoms with Gasteiger partial charge in [-0.25, -0.2) is 18.6 Å². The summed E-state index contributed by atoms with van der Waals surface area (Å²) in [6, 6.07) is 20.7. The lowest BCUT2D eigenvalue weighted by molar-refractivity contribution is 0.0600. The number of nitrogens with one attached hydrogen (secondary N) is 1. The van der Waals surface area contributed by atoms with Crippen LogP contribution in [0.1, 0.15) is 26.3 Å². The molecule has 3 aromatic carbocycles. The molecule has 174 valence electrons. The first-order valence-electron chi connectivity index (χ1n) is 10.2. The van der Waals surface area contributed by atoms with E-state index in [2.05, 4.69) is 21.8 Å². The number of methoxy groups -OCH3 is 1. The first-order valence-corrected chi connectivity index (χ1v) is 11.6. The van der Waals surface area contributed by atoms with Crippen molar-refractivity contribution < 1.29 is 22.7 Å². The third kappa shape index (κ3) is 5.76. The van der Waals surface area contributed by atoms with Crippen LogP contribution >= 0.6 is 0 Å². The van der Waals surface area contributed by atoms with Crippen molar-refractivity contribution in [3.63, 3.8) is 0 Å². The van der Waals surface area contributed by atoms with Gasteiger partial charge < -0.3 is 4.74 Å². The summed E-state index contributed by atoms with van der Waals surface area (Å²) < 4.78 is 32.0. The van der Waals surface area contributed by atoms with E-state index in [4.69, 9.17) is 0 Å². The number of hydrazone groups is 1. The lowest BCUT2D eigenvalue weighted by Crippen LogP contribution is -2.31. The van der Waals surface area contributed by atoms with Crippen LogP contribution in [0.15, 0.2) is 102 Å². The minimum atomic E-state index is -3.80. The van der Waals surface area contributed by atoms with Crippen LogP contribution in [0.5, 0.6) is 0 Å². The summed E-state index contributed by atoms with van der Waals surface area (Å²) in [5.41, 5.74) is 4.20. The quantitative estimate of drug-likeness (QED) is 0.219. The van der Waals surface area contributed by atoms with Gasteiger partial charge in [0.05, 0.1) is 36.0 Å². The van der Waals surface area contributed by atoms with Gasteiger partial charge in [0.15, 0.2) is 0 Å². The molecule has 1 amide bonds. The van der Waals surface area contributed by atoms with E-state index >= 15 is 0 Å². The summed E-state index contributed by atoms with van der Waals surface area (Å²) in [6.45, 7) is 3.72. The van der Waals surface area contributed by atoms with Crippen molar-refractivity contribution >= 4 is 33.8 Å². The SMILES string of the molecule is C=CCN(c1ccc(C(=O)N/N=C\c2ccc(C(=O)OC)cc2)cc1)S(=O)(=O)c1ccccc1. The maximum atomic E-state index is 13.0. The standard InChI is InChI=1S/C25H23N3O5S/c1-3-17-28(34(31,32)23-7-5-4-6-8-23)22-15-13-20(14-16-22)24(29)27-26-18-19-9-11-21(12-10-19)25(30)33-2/h3-16,18H,1,17H2,2H3,(H,27,29)/b26-18-. The van der Waals surface area contributed by atoms with Gasteiger partial charge >= 0.3 is 5.97 Å². The smallest absolute Gasteiger partial charge is 0.337 e. The normalized spacial score (nSPS) is 11.1.